The minimum absolute atomic E-state index is 1.22. The molecule has 0 spiro atoms. The van der Waals surface area contributed by atoms with Crippen LogP contribution in [0.4, 0.5) is 4.79 Å². The van der Waals surface area contributed by atoms with Crippen LogP contribution in [-0.2, 0) is 4.79 Å². The molecule has 0 bridgehead atoms. The van der Waals surface area contributed by atoms with Crippen molar-refractivity contribution in [1.82, 2.24) is 5.32 Å². The van der Waals surface area contributed by atoms with Crippen LogP contribution < -0.4 is 11.1 Å². The van der Waals surface area contributed by atoms with Crippen LogP contribution in [0.25, 0.3) is 0 Å². The maximum absolute atomic E-state index is 10.5. The van der Waals surface area contributed by atoms with Crippen molar-refractivity contribution in [2.45, 2.75) is 6.17 Å². The van der Waals surface area contributed by atoms with Gasteiger partial charge < -0.3 is 5.73 Å². The van der Waals surface area contributed by atoms with Crippen LogP contribution in [0.2, 0.25) is 0 Å². The van der Waals surface area contributed by atoms with E-state index >= 15 is 0 Å². The van der Waals surface area contributed by atoms with Crippen molar-refractivity contribution < 1.29 is 19.4 Å². The highest BCUT2D eigenvalue weighted by Gasteiger charge is 2.42. The van der Waals surface area contributed by atoms with Crippen molar-refractivity contribution in [3.05, 3.63) is 20.2 Å². The minimum atomic E-state index is -2.72. The van der Waals surface area contributed by atoms with Crippen molar-refractivity contribution in [3.63, 3.8) is 0 Å². The van der Waals surface area contributed by atoms with E-state index in [2.05, 4.69) is 5.73 Å². The second-order valence-corrected chi connectivity index (χ2v) is 1.80. The lowest BCUT2D eigenvalue weighted by Gasteiger charge is -1.99. The summed E-state index contributed by atoms with van der Waals surface area (Å²) in [4.78, 5) is 37.5. The predicted octanol–water partition coefficient (Wildman–Crippen LogP) is -1.94. The SMILES string of the molecule is NC(=O)NC(=O)C([N+](=O)[O-])[N+](=O)[O-]. The van der Waals surface area contributed by atoms with Gasteiger partial charge in [-0.25, -0.2) is 4.79 Å². The second kappa shape index (κ2) is 3.94. The van der Waals surface area contributed by atoms with Crippen molar-refractivity contribution in [1.29, 1.82) is 0 Å². The first-order chi connectivity index (χ1) is 5.86. The lowest BCUT2D eigenvalue weighted by molar-refractivity contribution is -0.723. The lowest BCUT2D eigenvalue weighted by atomic mass is 10.5. The zero-order valence-corrected chi connectivity index (χ0v) is 6.00. The average molecular weight is 192 g/mol. The molecule has 0 saturated heterocycles. The van der Waals surface area contributed by atoms with Crippen LogP contribution >= 0.6 is 0 Å². The number of urea groups is 1. The number of primary amides is 1. The fourth-order valence-corrected chi connectivity index (χ4v) is 0.454. The minimum Gasteiger partial charge on any atom is -0.351 e. The van der Waals surface area contributed by atoms with E-state index in [1.165, 1.54) is 5.32 Å². The zero-order valence-electron chi connectivity index (χ0n) is 6.00. The third-order valence-electron chi connectivity index (χ3n) is 0.880. The Labute approximate surface area is 70.0 Å². The van der Waals surface area contributed by atoms with Crippen LogP contribution in [0.15, 0.2) is 0 Å². The molecule has 13 heavy (non-hydrogen) atoms. The number of rotatable bonds is 3. The lowest BCUT2D eigenvalue weighted by Crippen LogP contribution is -2.48. The fourth-order valence-electron chi connectivity index (χ4n) is 0.454. The predicted molar refractivity (Wildman–Crippen MR) is 35.5 cm³/mol. The van der Waals surface area contributed by atoms with Gasteiger partial charge in [0.1, 0.15) is 9.85 Å². The number of carbonyl (C=O) groups excluding carboxylic acids is 2. The molecule has 0 aliphatic carbocycles. The monoisotopic (exact) mass is 192 g/mol. The first kappa shape index (κ1) is 10.7. The van der Waals surface area contributed by atoms with Crippen LogP contribution in [0.5, 0.6) is 0 Å². The number of hydrogen-bond donors (Lipinski definition) is 2. The Kier molecular flexibility index (Phi) is 3.26. The number of carbonyl (C=O) groups is 2. The van der Waals surface area contributed by atoms with Crippen molar-refractivity contribution in [3.8, 4) is 0 Å². The van der Waals surface area contributed by atoms with Gasteiger partial charge in [-0.05, 0) is 0 Å². The molecule has 0 aliphatic rings. The normalized spacial score (nSPS) is 9.31. The first-order valence-corrected chi connectivity index (χ1v) is 2.73. The Bertz CT molecular complexity index is 259. The van der Waals surface area contributed by atoms with Gasteiger partial charge in [-0.3, -0.25) is 30.3 Å². The quantitative estimate of drug-likeness (QED) is 0.300. The fraction of sp³-hybridized carbons (Fsp3) is 0.333. The van der Waals surface area contributed by atoms with Gasteiger partial charge in [-0.15, -0.1) is 0 Å². The highest BCUT2D eigenvalue weighted by molar-refractivity contribution is 5.94. The van der Waals surface area contributed by atoms with E-state index in [1.54, 1.807) is 0 Å². The number of hydrogen-bond acceptors (Lipinski definition) is 6. The van der Waals surface area contributed by atoms with E-state index in [1.807, 2.05) is 0 Å². The molecule has 3 amide bonds. The number of imide groups is 1. The first-order valence-electron chi connectivity index (χ1n) is 2.73. The zero-order chi connectivity index (χ0) is 10.6. The smallest absolute Gasteiger partial charge is 0.351 e. The Morgan fingerprint density at radius 1 is 1.23 bits per heavy atom. The Morgan fingerprint density at radius 3 is 1.85 bits per heavy atom. The van der Waals surface area contributed by atoms with Crippen LogP contribution in [0, 0.1) is 20.2 Å². The summed E-state index contributed by atoms with van der Waals surface area (Å²) in [6, 6.07) is -1.39. The molecule has 0 radical (unpaired) electrons. The van der Waals surface area contributed by atoms with Crippen molar-refractivity contribution >= 4 is 11.9 Å². The Balaban J connectivity index is 4.57. The molecule has 0 aliphatic heterocycles. The van der Waals surface area contributed by atoms with E-state index in [-0.39, 0.29) is 0 Å². The molecule has 0 aromatic carbocycles. The molecule has 0 rings (SSSR count). The Morgan fingerprint density at radius 2 is 1.62 bits per heavy atom. The standard InChI is InChI=1S/C3H4N4O6/c4-3(9)5-1(8)2(6(10)11)7(12)13/h2H,(H3,4,5,8,9). The molecule has 3 N–H and O–H groups in total. The van der Waals surface area contributed by atoms with Gasteiger partial charge in [-0.2, -0.15) is 0 Å². The number of nitrogens with zero attached hydrogens (tertiary/aromatic N) is 2. The average Bonchev–Trinajstić information content (AvgIpc) is 1.81. The van der Waals surface area contributed by atoms with E-state index in [4.69, 9.17) is 0 Å². The molecular formula is C3H4N4O6. The molecule has 0 heterocycles. The topological polar surface area (TPSA) is 158 Å². The molecule has 10 heteroatoms. The van der Waals surface area contributed by atoms with E-state index in [0.29, 0.717) is 0 Å². The summed E-state index contributed by atoms with van der Waals surface area (Å²) in [5.74, 6) is -1.68. The van der Waals surface area contributed by atoms with Crippen molar-refractivity contribution in [2.24, 2.45) is 5.73 Å². The maximum atomic E-state index is 10.5. The van der Waals surface area contributed by atoms with E-state index in [9.17, 15) is 29.8 Å². The van der Waals surface area contributed by atoms with Gasteiger partial charge in [0.05, 0.1) is 0 Å². The summed E-state index contributed by atoms with van der Waals surface area (Å²) in [7, 11) is 0. The molecular weight excluding hydrogens is 188 g/mol. The van der Waals surface area contributed by atoms with Gasteiger partial charge in [0.25, 0.3) is 0 Å². The van der Waals surface area contributed by atoms with Gasteiger partial charge in [0.15, 0.2) is 0 Å². The highest BCUT2D eigenvalue weighted by atomic mass is 16.7. The number of nitrogens with two attached hydrogens (primary N) is 1. The molecule has 0 aromatic heterocycles. The summed E-state index contributed by atoms with van der Waals surface area (Å²) in [6.07, 6.45) is -2.72. The van der Waals surface area contributed by atoms with E-state index in [0.717, 1.165) is 0 Å². The maximum Gasteiger partial charge on any atom is 0.527 e. The summed E-state index contributed by atoms with van der Waals surface area (Å²) in [6.45, 7) is 0. The number of amides is 3. The molecule has 0 unspecified atom stereocenters. The molecule has 0 aromatic rings. The summed E-state index contributed by atoms with van der Waals surface area (Å²) in [5.41, 5.74) is 4.42. The molecule has 0 saturated carbocycles. The highest BCUT2D eigenvalue weighted by Crippen LogP contribution is 1.90. The van der Waals surface area contributed by atoms with Crippen molar-refractivity contribution in [2.75, 3.05) is 0 Å². The van der Waals surface area contributed by atoms with Gasteiger partial charge in [0.2, 0.25) is 0 Å². The van der Waals surface area contributed by atoms with Crippen LogP contribution in [0.1, 0.15) is 0 Å². The van der Waals surface area contributed by atoms with Gasteiger partial charge >= 0.3 is 18.1 Å². The summed E-state index contributed by atoms with van der Waals surface area (Å²) < 4.78 is 0. The number of nitro groups is 2. The molecule has 10 nitrogen and oxygen atoms in total. The third-order valence-corrected chi connectivity index (χ3v) is 0.880. The number of nitrogens with one attached hydrogen (secondary N) is 1. The molecule has 0 fully saturated rings. The molecule has 72 valence electrons. The molecule has 0 atom stereocenters. The van der Waals surface area contributed by atoms with Crippen LogP contribution in [0.3, 0.4) is 0 Å². The summed E-state index contributed by atoms with van der Waals surface area (Å²) in [5, 5.41) is 21.1. The second-order valence-electron chi connectivity index (χ2n) is 1.80. The Hall–Kier alpha value is -2.26. The van der Waals surface area contributed by atoms with Gasteiger partial charge in [0, 0.05) is 0 Å². The van der Waals surface area contributed by atoms with Crippen LogP contribution in [-0.4, -0.2) is 28.0 Å². The summed E-state index contributed by atoms with van der Waals surface area (Å²) >= 11 is 0. The van der Waals surface area contributed by atoms with Gasteiger partial charge in [-0.1, -0.05) is 0 Å². The largest absolute Gasteiger partial charge is 0.527 e. The van der Waals surface area contributed by atoms with E-state index < -0.39 is 28.0 Å². The third kappa shape index (κ3) is 3.09.